The highest BCUT2D eigenvalue weighted by Gasteiger charge is 2.19. The number of rotatable bonds is 8. The SMILES string of the molecule is CCCOc1cc(OCCC)c([N+](=O)[O-])cc1/C=N\O. The lowest BCUT2D eigenvalue weighted by Gasteiger charge is -2.11. The molecule has 0 aliphatic rings. The Bertz CT molecular complexity index is 488. The molecule has 1 N–H and O–H groups in total. The van der Waals surface area contributed by atoms with Crippen LogP contribution in [-0.2, 0) is 0 Å². The van der Waals surface area contributed by atoms with Gasteiger partial charge in [-0.05, 0) is 12.8 Å². The van der Waals surface area contributed by atoms with Gasteiger partial charge in [-0.3, -0.25) is 10.1 Å². The molecule has 0 aliphatic carbocycles. The Balaban J connectivity index is 3.23. The van der Waals surface area contributed by atoms with Gasteiger partial charge in [-0.2, -0.15) is 0 Å². The molecule has 0 unspecified atom stereocenters. The molecule has 0 saturated carbocycles. The van der Waals surface area contributed by atoms with Crippen LogP contribution in [0.25, 0.3) is 0 Å². The predicted molar refractivity (Wildman–Crippen MR) is 74.0 cm³/mol. The molecular weight excluding hydrogens is 264 g/mol. The van der Waals surface area contributed by atoms with Gasteiger partial charge in [0.1, 0.15) is 5.75 Å². The molecule has 7 heteroatoms. The van der Waals surface area contributed by atoms with E-state index in [9.17, 15) is 10.1 Å². The number of ether oxygens (including phenoxy) is 2. The Morgan fingerprint density at radius 3 is 2.35 bits per heavy atom. The van der Waals surface area contributed by atoms with Crippen LogP contribution in [0.5, 0.6) is 11.5 Å². The van der Waals surface area contributed by atoms with Crippen LogP contribution in [0.2, 0.25) is 0 Å². The van der Waals surface area contributed by atoms with Gasteiger partial charge in [0.2, 0.25) is 5.75 Å². The van der Waals surface area contributed by atoms with Crippen LogP contribution in [-0.4, -0.2) is 29.6 Å². The third kappa shape index (κ3) is 4.11. The lowest BCUT2D eigenvalue weighted by Crippen LogP contribution is -2.04. The van der Waals surface area contributed by atoms with E-state index in [-0.39, 0.29) is 11.4 Å². The summed E-state index contributed by atoms with van der Waals surface area (Å²) in [5, 5.41) is 22.6. The molecule has 0 saturated heterocycles. The van der Waals surface area contributed by atoms with Crippen molar-refractivity contribution in [2.75, 3.05) is 13.2 Å². The maximum atomic E-state index is 11.0. The second-order valence-electron chi connectivity index (χ2n) is 4.06. The molecule has 0 fully saturated rings. The minimum atomic E-state index is -0.538. The summed E-state index contributed by atoms with van der Waals surface area (Å²) in [5.41, 5.74) is 0.147. The second kappa shape index (κ2) is 7.98. The topological polar surface area (TPSA) is 94.2 Å². The van der Waals surface area contributed by atoms with Crippen LogP contribution in [0.15, 0.2) is 17.3 Å². The fourth-order valence-electron chi connectivity index (χ4n) is 1.54. The zero-order chi connectivity index (χ0) is 15.0. The summed E-state index contributed by atoms with van der Waals surface area (Å²) in [6.45, 7) is 4.69. The van der Waals surface area contributed by atoms with Crippen LogP contribution in [0, 0.1) is 10.1 Å². The molecule has 7 nitrogen and oxygen atoms in total. The largest absolute Gasteiger partial charge is 0.493 e. The quantitative estimate of drug-likeness (QED) is 0.342. The van der Waals surface area contributed by atoms with E-state index < -0.39 is 4.92 Å². The van der Waals surface area contributed by atoms with E-state index in [1.165, 1.54) is 12.1 Å². The van der Waals surface area contributed by atoms with Crippen molar-refractivity contribution < 1.29 is 19.6 Å². The summed E-state index contributed by atoms with van der Waals surface area (Å²) in [5.74, 6) is 0.541. The van der Waals surface area contributed by atoms with Crippen molar-refractivity contribution in [3.63, 3.8) is 0 Å². The molecule has 1 aromatic rings. The van der Waals surface area contributed by atoms with Crippen LogP contribution in [0.4, 0.5) is 5.69 Å². The third-order valence-corrected chi connectivity index (χ3v) is 2.41. The minimum Gasteiger partial charge on any atom is -0.493 e. The highest BCUT2D eigenvalue weighted by Crippen LogP contribution is 2.34. The normalized spacial score (nSPS) is 10.7. The van der Waals surface area contributed by atoms with Gasteiger partial charge in [-0.15, -0.1) is 0 Å². The van der Waals surface area contributed by atoms with E-state index in [0.717, 1.165) is 19.1 Å². The maximum Gasteiger partial charge on any atom is 0.311 e. The highest BCUT2D eigenvalue weighted by molar-refractivity contribution is 5.85. The molecule has 0 aliphatic heterocycles. The molecule has 1 rings (SSSR count). The number of nitro groups is 1. The number of benzene rings is 1. The van der Waals surface area contributed by atoms with Crippen molar-refractivity contribution in [3.05, 3.63) is 27.8 Å². The molecule has 0 bridgehead atoms. The van der Waals surface area contributed by atoms with Crippen LogP contribution < -0.4 is 9.47 Å². The Kier molecular flexibility index (Phi) is 6.28. The second-order valence-corrected chi connectivity index (χ2v) is 4.06. The first kappa shape index (κ1) is 15.7. The molecule has 0 amide bonds. The fourth-order valence-corrected chi connectivity index (χ4v) is 1.54. The van der Waals surface area contributed by atoms with Crippen molar-refractivity contribution in [1.29, 1.82) is 0 Å². The molecule has 0 aromatic heterocycles. The molecule has 110 valence electrons. The average molecular weight is 282 g/mol. The highest BCUT2D eigenvalue weighted by atomic mass is 16.6. The van der Waals surface area contributed by atoms with Gasteiger partial charge < -0.3 is 14.7 Å². The number of hydrogen-bond acceptors (Lipinski definition) is 6. The van der Waals surface area contributed by atoms with Crippen molar-refractivity contribution >= 4 is 11.9 Å². The molecular formula is C13H18N2O5. The van der Waals surface area contributed by atoms with Gasteiger partial charge in [0.15, 0.2) is 0 Å². The first-order valence-corrected chi connectivity index (χ1v) is 6.39. The van der Waals surface area contributed by atoms with E-state index in [2.05, 4.69) is 5.16 Å². The van der Waals surface area contributed by atoms with E-state index in [1.54, 1.807) is 0 Å². The summed E-state index contributed by atoms with van der Waals surface area (Å²) in [6.07, 6.45) is 2.63. The van der Waals surface area contributed by atoms with E-state index in [4.69, 9.17) is 14.7 Å². The summed E-state index contributed by atoms with van der Waals surface area (Å²) < 4.78 is 10.9. The van der Waals surface area contributed by atoms with E-state index >= 15 is 0 Å². The Morgan fingerprint density at radius 2 is 1.85 bits per heavy atom. The third-order valence-electron chi connectivity index (χ3n) is 2.41. The first-order valence-electron chi connectivity index (χ1n) is 6.39. The van der Waals surface area contributed by atoms with Gasteiger partial charge >= 0.3 is 5.69 Å². The standard InChI is InChI=1S/C13H18N2O5/c1-3-5-19-12-8-13(20-6-4-2)11(15(17)18)7-10(12)9-14-16/h7-9,16H,3-6H2,1-2H3/b14-9-. The van der Waals surface area contributed by atoms with Crippen molar-refractivity contribution in [1.82, 2.24) is 0 Å². The van der Waals surface area contributed by atoms with E-state index in [0.29, 0.717) is 24.5 Å². The fraction of sp³-hybridized carbons (Fsp3) is 0.462. The van der Waals surface area contributed by atoms with Gasteiger partial charge in [-0.1, -0.05) is 19.0 Å². The van der Waals surface area contributed by atoms with Crippen molar-refractivity contribution in [2.24, 2.45) is 5.16 Å². The lowest BCUT2D eigenvalue weighted by atomic mass is 10.1. The van der Waals surface area contributed by atoms with Crippen LogP contribution in [0.3, 0.4) is 0 Å². The van der Waals surface area contributed by atoms with Gasteiger partial charge in [0.25, 0.3) is 0 Å². The molecule has 0 heterocycles. The number of hydrogen-bond donors (Lipinski definition) is 1. The molecule has 0 spiro atoms. The number of nitrogens with zero attached hydrogens (tertiary/aromatic N) is 2. The summed E-state index contributed by atoms with van der Waals surface area (Å²) in [6, 6.07) is 2.73. The van der Waals surface area contributed by atoms with E-state index in [1.807, 2.05) is 13.8 Å². The predicted octanol–water partition coefficient (Wildman–Crippen LogP) is 2.98. The molecule has 0 radical (unpaired) electrons. The molecule has 20 heavy (non-hydrogen) atoms. The summed E-state index contributed by atoms with van der Waals surface area (Å²) >= 11 is 0. The van der Waals surface area contributed by atoms with Crippen molar-refractivity contribution in [3.8, 4) is 11.5 Å². The average Bonchev–Trinajstić information content (AvgIpc) is 2.44. The number of nitro benzene ring substituents is 1. The van der Waals surface area contributed by atoms with Crippen molar-refractivity contribution in [2.45, 2.75) is 26.7 Å². The Morgan fingerprint density at radius 1 is 1.25 bits per heavy atom. The summed E-state index contributed by atoms with van der Waals surface area (Å²) in [4.78, 5) is 10.5. The monoisotopic (exact) mass is 282 g/mol. The zero-order valence-electron chi connectivity index (χ0n) is 11.5. The lowest BCUT2D eigenvalue weighted by molar-refractivity contribution is -0.385. The Hall–Kier alpha value is -2.31. The summed E-state index contributed by atoms with van der Waals surface area (Å²) in [7, 11) is 0. The zero-order valence-corrected chi connectivity index (χ0v) is 11.5. The van der Waals surface area contributed by atoms with Crippen LogP contribution in [0.1, 0.15) is 32.3 Å². The first-order chi connectivity index (χ1) is 9.63. The number of oxime groups is 1. The van der Waals surface area contributed by atoms with Gasteiger partial charge in [0.05, 0.1) is 24.4 Å². The molecule has 1 aromatic carbocycles. The van der Waals surface area contributed by atoms with Gasteiger partial charge in [-0.25, -0.2) is 0 Å². The molecule has 0 atom stereocenters. The Labute approximate surface area is 117 Å². The minimum absolute atomic E-state index is 0.151. The smallest absolute Gasteiger partial charge is 0.311 e. The van der Waals surface area contributed by atoms with Gasteiger partial charge in [0, 0.05) is 17.7 Å². The van der Waals surface area contributed by atoms with Crippen LogP contribution >= 0.6 is 0 Å². The maximum absolute atomic E-state index is 11.0.